The van der Waals surface area contributed by atoms with Gasteiger partial charge in [0.25, 0.3) is 0 Å². The fourth-order valence-electron chi connectivity index (χ4n) is 3.35. The third-order valence-corrected chi connectivity index (χ3v) is 6.01. The highest BCUT2D eigenvalue weighted by molar-refractivity contribution is 14.1. The molecule has 0 aliphatic rings. The number of rotatable bonds is 7. The number of hydrogen-bond donors (Lipinski definition) is 0. The van der Waals surface area contributed by atoms with Crippen LogP contribution < -0.4 is 14.2 Å². The molecular formula is C27H21ClINO4. The average Bonchev–Trinajstić information content (AvgIpc) is 2.83. The first kappa shape index (κ1) is 24.0. The minimum atomic E-state index is -0.394. The van der Waals surface area contributed by atoms with Gasteiger partial charge in [0.1, 0.15) is 17.9 Å². The van der Waals surface area contributed by atoms with Crippen molar-refractivity contribution in [3.05, 3.63) is 92.1 Å². The van der Waals surface area contributed by atoms with Crippen molar-refractivity contribution in [3.63, 3.8) is 0 Å². The third kappa shape index (κ3) is 5.87. The Balaban J connectivity index is 1.59. The number of pyridine rings is 1. The second-order valence-corrected chi connectivity index (χ2v) is 9.04. The van der Waals surface area contributed by atoms with E-state index in [4.69, 9.17) is 30.8 Å². The number of benzene rings is 3. The molecule has 1 aromatic heterocycles. The van der Waals surface area contributed by atoms with Crippen molar-refractivity contribution < 1.29 is 19.0 Å². The molecule has 0 bridgehead atoms. The van der Waals surface area contributed by atoms with E-state index in [0.29, 0.717) is 28.9 Å². The molecule has 5 nitrogen and oxygen atoms in total. The summed E-state index contributed by atoms with van der Waals surface area (Å²) >= 11 is 8.09. The van der Waals surface area contributed by atoms with Crippen molar-refractivity contribution in [1.29, 1.82) is 0 Å². The van der Waals surface area contributed by atoms with E-state index < -0.39 is 5.97 Å². The summed E-state index contributed by atoms with van der Waals surface area (Å²) < 4.78 is 17.5. The van der Waals surface area contributed by atoms with Crippen molar-refractivity contribution >= 4 is 63.2 Å². The monoisotopic (exact) mass is 585 g/mol. The molecule has 4 aromatic rings. The number of esters is 1. The molecule has 0 spiro atoms. The minimum Gasteiger partial charge on any atom is -0.493 e. The van der Waals surface area contributed by atoms with Crippen LogP contribution in [0.25, 0.3) is 23.1 Å². The molecule has 34 heavy (non-hydrogen) atoms. The van der Waals surface area contributed by atoms with Gasteiger partial charge >= 0.3 is 5.97 Å². The van der Waals surface area contributed by atoms with Crippen LogP contribution in [0, 0.1) is 3.57 Å². The van der Waals surface area contributed by atoms with Crippen LogP contribution in [0.1, 0.15) is 23.7 Å². The zero-order valence-electron chi connectivity index (χ0n) is 18.5. The first-order chi connectivity index (χ1) is 16.4. The van der Waals surface area contributed by atoms with Crippen molar-refractivity contribution in [2.45, 2.75) is 13.5 Å². The van der Waals surface area contributed by atoms with Crippen LogP contribution in [0.2, 0.25) is 5.02 Å². The first-order valence-electron chi connectivity index (χ1n) is 10.4. The number of carbonyl (C=O) groups excluding carboxylic acids is 1. The topological polar surface area (TPSA) is 57.6 Å². The SMILES string of the molecule is COc1cc(/C=C/c2ccc3cccc(OCc4ccc(Cl)cc4)c3n2)cc(I)c1OC(C)=O. The van der Waals surface area contributed by atoms with Gasteiger partial charge in [0.15, 0.2) is 11.5 Å². The van der Waals surface area contributed by atoms with Gasteiger partial charge in [0.2, 0.25) is 0 Å². The molecule has 4 rings (SSSR count). The lowest BCUT2D eigenvalue weighted by Crippen LogP contribution is -2.04. The average molecular weight is 586 g/mol. The van der Waals surface area contributed by atoms with Gasteiger partial charge in [-0.05, 0) is 76.2 Å². The fraction of sp³-hybridized carbons (Fsp3) is 0.111. The lowest BCUT2D eigenvalue weighted by molar-refractivity contribution is -0.132. The highest BCUT2D eigenvalue weighted by atomic mass is 127. The van der Waals surface area contributed by atoms with E-state index in [9.17, 15) is 4.79 Å². The highest BCUT2D eigenvalue weighted by Crippen LogP contribution is 2.34. The number of methoxy groups -OCH3 is 1. The zero-order valence-corrected chi connectivity index (χ0v) is 21.5. The Morgan fingerprint density at radius 3 is 2.56 bits per heavy atom. The summed E-state index contributed by atoms with van der Waals surface area (Å²) in [5.74, 6) is 1.23. The van der Waals surface area contributed by atoms with Crippen LogP contribution >= 0.6 is 34.2 Å². The van der Waals surface area contributed by atoms with Crippen molar-refractivity contribution in [2.24, 2.45) is 0 Å². The van der Waals surface area contributed by atoms with Gasteiger partial charge in [-0.2, -0.15) is 0 Å². The second-order valence-electron chi connectivity index (χ2n) is 7.44. The molecule has 1 heterocycles. The van der Waals surface area contributed by atoms with E-state index >= 15 is 0 Å². The van der Waals surface area contributed by atoms with E-state index in [1.54, 1.807) is 7.11 Å². The zero-order chi connectivity index (χ0) is 24.1. The summed E-state index contributed by atoms with van der Waals surface area (Å²) in [6, 6.07) is 21.2. The first-order valence-corrected chi connectivity index (χ1v) is 11.9. The molecule has 0 aliphatic heterocycles. The number of nitrogens with zero attached hydrogens (tertiary/aromatic N) is 1. The summed E-state index contributed by atoms with van der Waals surface area (Å²) in [5.41, 5.74) is 3.49. The highest BCUT2D eigenvalue weighted by Gasteiger charge is 2.13. The largest absolute Gasteiger partial charge is 0.493 e. The molecule has 0 unspecified atom stereocenters. The van der Waals surface area contributed by atoms with Crippen molar-refractivity contribution in [3.8, 4) is 17.2 Å². The molecule has 3 aromatic carbocycles. The number of carbonyl (C=O) groups is 1. The van der Waals surface area contributed by atoms with Crippen molar-refractivity contribution in [1.82, 2.24) is 4.98 Å². The van der Waals surface area contributed by atoms with Crippen LogP contribution in [0.5, 0.6) is 17.2 Å². The maximum absolute atomic E-state index is 11.4. The lowest BCUT2D eigenvalue weighted by Gasteiger charge is -2.11. The van der Waals surface area contributed by atoms with E-state index in [2.05, 4.69) is 22.6 Å². The molecule has 0 fully saturated rings. The minimum absolute atomic E-state index is 0.394. The van der Waals surface area contributed by atoms with Gasteiger partial charge in [-0.25, -0.2) is 4.98 Å². The van der Waals surface area contributed by atoms with Gasteiger partial charge in [-0.1, -0.05) is 48.0 Å². The van der Waals surface area contributed by atoms with Crippen LogP contribution in [-0.2, 0) is 11.4 Å². The predicted octanol–water partition coefficient (Wildman–Crippen LogP) is 7.18. The normalized spacial score (nSPS) is 11.1. The Morgan fingerprint density at radius 1 is 1.03 bits per heavy atom. The maximum atomic E-state index is 11.4. The molecule has 0 N–H and O–H groups in total. The fourth-order valence-corrected chi connectivity index (χ4v) is 4.21. The summed E-state index contributed by atoms with van der Waals surface area (Å²) in [7, 11) is 1.54. The second kappa shape index (κ2) is 10.9. The molecule has 0 atom stereocenters. The van der Waals surface area contributed by atoms with Crippen LogP contribution in [0.4, 0.5) is 0 Å². The molecule has 0 amide bonds. The van der Waals surface area contributed by atoms with Gasteiger partial charge < -0.3 is 14.2 Å². The summed E-state index contributed by atoms with van der Waals surface area (Å²) in [5, 5.41) is 1.69. The Bertz CT molecular complexity index is 1370. The molecule has 0 aliphatic carbocycles. The number of halogens is 2. The van der Waals surface area contributed by atoms with E-state index in [1.165, 1.54) is 6.92 Å². The van der Waals surface area contributed by atoms with E-state index in [1.807, 2.05) is 78.9 Å². The maximum Gasteiger partial charge on any atom is 0.308 e. The van der Waals surface area contributed by atoms with E-state index in [-0.39, 0.29) is 0 Å². The molecule has 0 saturated heterocycles. The quantitative estimate of drug-likeness (QED) is 0.131. The summed E-state index contributed by atoms with van der Waals surface area (Å²) in [4.78, 5) is 16.2. The molecular weight excluding hydrogens is 565 g/mol. The van der Waals surface area contributed by atoms with E-state index in [0.717, 1.165) is 31.3 Å². The Morgan fingerprint density at radius 2 is 1.82 bits per heavy atom. The summed E-state index contributed by atoms with van der Waals surface area (Å²) in [6.07, 6.45) is 3.86. The van der Waals surface area contributed by atoms with Gasteiger partial charge in [-0.15, -0.1) is 0 Å². The van der Waals surface area contributed by atoms with Crippen LogP contribution in [0.3, 0.4) is 0 Å². The van der Waals surface area contributed by atoms with Gasteiger partial charge in [0, 0.05) is 17.3 Å². The van der Waals surface area contributed by atoms with Crippen LogP contribution in [-0.4, -0.2) is 18.1 Å². The molecule has 7 heteroatoms. The number of fused-ring (bicyclic) bond motifs is 1. The lowest BCUT2D eigenvalue weighted by atomic mass is 10.1. The number of aromatic nitrogens is 1. The standard InChI is InChI=1S/C27H21ClINO4/c1-17(31)34-27-23(29)14-19(15-25(27)32-2)8-12-22-13-9-20-4-3-5-24(26(20)30-22)33-16-18-6-10-21(28)11-7-18/h3-15H,16H2,1-2H3/b12-8+. The smallest absolute Gasteiger partial charge is 0.308 e. The molecule has 172 valence electrons. The molecule has 0 radical (unpaired) electrons. The van der Waals surface area contributed by atoms with Crippen LogP contribution in [0.15, 0.2) is 66.7 Å². The number of hydrogen-bond acceptors (Lipinski definition) is 5. The summed E-state index contributed by atoms with van der Waals surface area (Å²) in [6.45, 7) is 1.78. The predicted molar refractivity (Wildman–Crippen MR) is 143 cm³/mol. The third-order valence-electron chi connectivity index (χ3n) is 4.96. The Kier molecular flexibility index (Phi) is 7.70. The van der Waals surface area contributed by atoms with Gasteiger partial charge in [0.05, 0.1) is 16.4 Å². The number of para-hydroxylation sites is 1. The Labute approximate surface area is 216 Å². The molecule has 0 saturated carbocycles. The Hall–Kier alpha value is -3.10. The van der Waals surface area contributed by atoms with Crippen molar-refractivity contribution in [2.75, 3.05) is 7.11 Å². The number of ether oxygens (including phenoxy) is 3. The van der Waals surface area contributed by atoms with Gasteiger partial charge in [-0.3, -0.25) is 4.79 Å².